The van der Waals surface area contributed by atoms with Crippen molar-refractivity contribution in [3.8, 4) is 27.3 Å². The fourth-order valence-corrected chi connectivity index (χ4v) is 3.24. The fourth-order valence-electron chi connectivity index (χ4n) is 2.48. The number of rotatable bonds is 2. The summed E-state index contributed by atoms with van der Waals surface area (Å²) in [4.78, 5) is 8.92. The molecular formula is C17H12N2OS. The largest absolute Gasteiger partial charge is 0.508 e. The molecule has 4 rings (SSSR count). The van der Waals surface area contributed by atoms with Gasteiger partial charge in [0.25, 0.3) is 0 Å². The van der Waals surface area contributed by atoms with Crippen LogP contribution in [0.4, 0.5) is 0 Å². The normalized spacial score (nSPS) is 11.0. The van der Waals surface area contributed by atoms with E-state index in [-0.39, 0.29) is 5.75 Å². The molecule has 0 aliphatic heterocycles. The summed E-state index contributed by atoms with van der Waals surface area (Å²) in [5, 5.41) is 12.8. The molecule has 102 valence electrons. The van der Waals surface area contributed by atoms with E-state index in [0.717, 1.165) is 27.7 Å². The van der Waals surface area contributed by atoms with Gasteiger partial charge in [-0.2, -0.15) is 0 Å². The van der Waals surface area contributed by atoms with E-state index in [4.69, 9.17) is 0 Å². The van der Waals surface area contributed by atoms with Gasteiger partial charge in [0.1, 0.15) is 11.4 Å². The van der Waals surface area contributed by atoms with Crippen LogP contribution < -0.4 is 0 Å². The van der Waals surface area contributed by atoms with Crippen LogP contribution in [0.5, 0.6) is 5.75 Å². The third-order valence-corrected chi connectivity index (χ3v) is 4.40. The molecule has 3 aromatic heterocycles. The number of pyridine rings is 1. The predicted molar refractivity (Wildman–Crippen MR) is 86.5 cm³/mol. The van der Waals surface area contributed by atoms with Crippen LogP contribution >= 0.6 is 11.3 Å². The zero-order valence-electron chi connectivity index (χ0n) is 11.1. The van der Waals surface area contributed by atoms with Crippen molar-refractivity contribution in [2.45, 2.75) is 0 Å². The Morgan fingerprint density at radius 1 is 1.05 bits per heavy atom. The van der Waals surface area contributed by atoms with Crippen LogP contribution in [0.15, 0.2) is 60.2 Å². The van der Waals surface area contributed by atoms with Crippen LogP contribution in [0.1, 0.15) is 0 Å². The van der Waals surface area contributed by atoms with Gasteiger partial charge >= 0.3 is 0 Å². The number of aromatic hydroxyl groups is 1. The van der Waals surface area contributed by atoms with Gasteiger partial charge in [0.15, 0.2) is 0 Å². The van der Waals surface area contributed by atoms with Gasteiger partial charge < -0.3 is 10.1 Å². The van der Waals surface area contributed by atoms with Gasteiger partial charge in [-0.1, -0.05) is 18.2 Å². The molecule has 21 heavy (non-hydrogen) atoms. The van der Waals surface area contributed by atoms with Gasteiger partial charge in [-0.15, -0.1) is 11.3 Å². The van der Waals surface area contributed by atoms with Gasteiger partial charge in [-0.3, -0.25) is 0 Å². The standard InChI is InChI=1S/C17H12N2OS/c20-13-4-1-3-11(7-13)12-8-14-15(16-5-2-6-21-16)10-19-17(14)18-9-12/h1-10,20H,(H,18,19). The third-order valence-electron chi connectivity index (χ3n) is 3.50. The van der Waals surface area contributed by atoms with E-state index in [1.165, 1.54) is 4.88 Å². The second-order valence-electron chi connectivity index (χ2n) is 4.85. The van der Waals surface area contributed by atoms with Crippen molar-refractivity contribution in [2.24, 2.45) is 0 Å². The molecule has 0 aliphatic rings. The summed E-state index contributed by atoms with van der Waals surface area (Å²) in [5.41, 5.74) is 4.00. The van der Waals surface area contributed by atoms with E-state index in [1.807, 2.05) is 30.6 Å². The number of hydrogen-bond acceptors (Lipinski definition) is 3. The molecule has 4 aromatic rings. The van der Waals surface area contributed by atoms with Crippen molar-refractivity contribution in [3.05, 3.63) is 60.2 Å². The van der Waals surface area contributed by atoms with Crippen molar-refractivity contribution < 1.29 is 5.11 Å². The number of phenols is 1. The maximum absolute atomic E-state index is 9.63. The number of thiophene rings is 1. The lowest BCUT2D eigenvalue weighted by molar-refractivity contribution is 0.475. The zero-order valence-corrected chi connectivity index (χ0v) is 11.9. The molecule has 0 radical (unpaired) electrons. The summed E-state index contributed by atoms with van der Waals surface area (Å²) >= 11 is 1.71. The molecule has 0 amide bonds. The van der Waals surface area contributed by atoms with E-state index in [1.54, 1.807) is 23.5 Å². The maximum atomic E-state index is 9.63. The Morgan fingerprint density at radius 2 is 2.00 bits per heavy atom. The molecule has 0 atom stereocenters. The summed E-state index contributed by atoms with van der Waals surface area (Å²) in [7, 11) is 0. The van der Waals surface area contributed by atoms with Crippen molar-refractivity contribution >= 4 is 22.4 Å². The first-order valence-corrected chi connectivity index (χ1v) is 7.49. The highest BCUT2D eigenvalue weighted by Crippen LogP contribution is 2.33. The highest BCUT2D eigenvalue weighted by molar-refractivity contribution is 7.13. The van der Waals surface area contributed by atoms with Gasteiger partial charge in [0.2, 0.25) is 0 Å². The molecule has 1 aromatic carbocycles. The van der Waals surface area contributed by atoms with Gasteiger partial charge in [-0.25, -0.2) is 4.98 Å². The van der Waals surface area contributed by atoms with Gasteiger partial charge in [0, 0.05) is 33.8 Å². The molecule has 0 unspecified atom stereocenters. The number of aromatic amines is 1. The Labute approximate surface area is 125 Å². The minimum atomic E-state index is 0.264. The first-order chi connectivity index (χ1) is 10.3. The summed E-state index contributed by atoms with van der Waals surface area (Å²) in [5.74, 6) is 0.264. The highest BCUT2D eigenvalue weighted by Gasteiger charge is 2.09. The molecule has 3 nitrogen and oxygen atoms in total. The minimum Gasteiger partial charge on any atom is -0.508 e. The number of H-pyrrole nitrogens is 1. The van der Waals surface area contributed by atoms with Crippen molar-refractivity contribution in [1.82, 2.24) is 9.97 Å². The molecule has 0 saturated carbocycles. The molecule has 4 heteroatoms. The third kappa shape index (κ3) is 2.10. The van der Waals surface area contributed by atoms with Gasteiger partial charge in [-0.05, 0) is 35.2 Å². The first kappa shape index (κ1) is 12.2. The summed E-state index contributed by atoms with van der Waals surface area (Å²) in [6, 6.07) is 13.5. The predicted octanol–water partition coefficient (Wildman–Crippen LogP) is 4.66. The quantitative estimate of drug-likeness (QED) is 0.564. The first-order valence-electron chi connectivity index (χ1n) is 6.62. The number of nitrogens with one attached hydrogen (secondary N) is 1. The van der Waals surface area contributed by atoms with Crippen molar-refractivity contribution in [2.75, 3.05) is 0 Å². The molecule has 0 fully saturated rings. The monoisotopic (exact) mass is 292 g/mol. The van der Waals surface area contributed by atoms with E-state index in [2.05, 4.69) is 27.5 Å². The molecule has 0 spiro atoms. The van der Waals surface area contributed by atoms with E-state index in [0.29, 0.717) is 0 Å². The van der Waals surface area contributed by atoms with Crippen molar-refractivity contribution in [3.63, 3.8) is 0 Å². The van der Waals surface area contributed by atoms with Crippen LogP contribution in [0.3, 0.4) is 0 Å². The minimum absolute atomic E-state index is 0.264. The average Bonchev–Trinajstić information content (AvgIpc) is 3.15. The topological polar surface area (TPSA) is 48.9 Å². The number of benzene rings is 1. The van der Waals surface area contributed by atoms with Crippen LogP contribution in [0, 0.1) is 0 Å². The smallest absolute Gasteiger partial charge is 0.137 e. The highest BCUT2D eigenvalue weighted by atomic mass is 32.1. The molecule has 0 aliphatic carbocycles. The van der Waals surface area contributed by atoms with E-state index in [9.17, 15) is 5.11 Å². The second kappa shape index (κ2) is 4.75. The zero-order chi connectivity index (χ0) is 14.2. The number of aromatic nitrogens is 2. The summed E-state index contributed by atoms with van der Waals surface area (Å²) in [6.07, 6.45) is 3.82. The Bertz CT molecular complexity index is 910. The molecular weight excluding hydrogens is 280 g/mol. The Hall–Kier alpha value is -2.59. The molecule has 3 heterocycles. The average molecular weight is 292 g/mol. The lowest BCUT2D eigenvalue weighted by atomic mass is 10.1. The number of nitrogens with zero attached hydrogens (tertiary/aromatic N) is 1. The number of phenolic OH excluding ortho intramolecular Hbond substituents is 1. The van der Waals surface area contributed by atoms with Gasteiger partial charge in [0.05, 0.1) is 0 Å². The molecule has 2 N–H and O–H groups in total. The van der Waals surface area contributed by atoms with E-state index < -0.39 is 0 Å². The van der Waals surface area contributed by atoms with E-state index >= 15 is 0 Å². The summed E-state index contributed by atoms with van der Waals surface area (Å²) in [6.45, 7) is 0. The lowest BCUT2D eigenvalue weighted by Gasteiger charge is -2.03. The Balaban J connectivity index is 1.91. The van der Waals surface area contributed by atoms with Crippen LogP contribution in [0.2, 0.25) is 0 Å². The fraction of sp³-hybridized carbons (Fsp3) is 0. The summed E-state index contributed by atoms with van der Waals surface area (Å²) < 4.78 is 0. The SMILES string of the molecule is Oc1cccc(-c2cnc3[nH]cc(-c4cccs4)c3c2)c1. The number of hydrogen-bond donors (Lipinski definition) is 2. The second-order valence-corrected chi connectivity index (χ2v) is 5.80. The van der Waals surface area contributed by atoms with Crippen molar-refractivity contribution in [1.29, 1.82) is 0 Å². The maximum Gasteiger partial charge on any atom is 0.137 e. The lowest BCUT2D eigenvalue weighted by Crippen LogP contribution is -1.82. The van der Waals surface area contributed by atoms with Crippen LogP contribution in [-0.2, 0) is 0 Å². The van der Waals surface area contributed by atoms with Crippen LogP contribution in [0.25, 0.3) is 32.6 Å². The van der Waals surface area contributed by atoms with Crippen LogP contribution in [-0.4, -0.2) is 15.1 Å². The Morgan fingerprint density at radius 3 is 2.81 bits per heavy atom. The molecule has 0 saturated heterocycles. The molecule has 0 bridgehead atoms. The number of fused-ring (bicyclic) bond motifs is 1. The Kier molecular flexibility index (Phi) is 2.75.